The standard InChI is InChI=1S/C26H25FN6O/c1-32-11-9-30-25(32)24-16-28-15-23(31-24)20-5-3-10-33(17-20)26(34)19-7-8-29-22(14-19)13-18-4-2-6-21(27)12-18/h2,4,6-9,11-12,14-16,20H,3,5,10,13,17H2,1H3. The van der Waals surface area contributed by atoms with Crippen LogP contribution in [0.5, 0.6) is 0 Å². The van der Waals surface area contributed by atoms with E-state index < -0.39 is 0 Å². The Balaban J connectivity index is 1.32. The van der Waals surface area contributed by atoms with Gasteiger partial charge in [-0.15, -0.1) is 0 Å². The molecule has 1 unspecified atom stereocenters. The first kappa shape index (κ1) is 21.9. The summed E-state index contributed by atoms with van der Waals surface area (Å²) >= 11 is 0. The Morgan fingerprint density at radius 3 is 2.88 bits per heavy atom. The summed E-state index contributed by atoms with van der Waals surface area (Å²) in [5, 5.41) is 0. The number of aromatic nitrogens is 5. The summed E-state index contributed by atoms with van der Waals surface area (Å²) < 4.78 is 15.4. The van der Waals surface area contributed by atoms with Crippen LogP contribution in [0.3, 0.4) is 0 Å². The van der Waals surface area contributed by atoms with Crippen molar-refractivity contribution in [2.45, 2.75) is 25.2 Å². The molecule has 1 amide bonds. The number of carbonyl (C=O) groups is 1. The van der Waals surface area contributed by atoms with Crippen molar-refractivity contribution in [3.05, 3.63) is 95.7 Å². The molecule has 1 fully saturated rings. The predicted octanol–water partition coefficient (Wildman–Crippen LogP) is 4.02. The number of rotatable bonds is 5. The molecule has 4 heterocycles. The normalized spacial score (nSPS) is 15.9. The van der Waals surface area contributed by atoms with Crippen molar-refractivity contribution in [3.8, 4) is 11.5 Å². The van der Waals surface area contributed by atoms with E-state index in [1.54, 1.807) is 43.0 Å². The van der Waals surface area contributed by atoms with Gasteiger partial charge >= 0.3 is 0 Å². The fraction of sp³-hybridized carbons (Fsp3) is 0.269. The molecule has 0 saturated carbocycles. The molecule has 4 aromatic rings. The minimum absolute atomic E-state index is 0.0270. The second-order valence-electron chi connectivity index (χ2n) is 8.62. The molecule has 1 aliphatic heterocycles. The number of benzene rings is 1. The van der Waals surface area contributed by atoms with Crippen molar-refractivity contribution in [1.29, 1.82) is 0 Å². The number of amides is 1. The number of hydrogen-bond acceptors (Lipinski definition) is 5. The van der Waals surface area contributed by atoms with Gasteiger partial charge in [0.1, 0.15) is 11.5 Å². The summed E-state index contributed by atoms with van der Waals surface area (Å²) in [5.74, 6) is 0.569. The molecule has 1 aromatic carbocycles. The zero-order valence-electron chi connectivity index (χ0n) is 18.9. The lowest BCUT2D eigenvalue weighted by molar-refractivity contribution is 0.0705. The lowest BCUT2D eigenvalue weighted by atomic mass is 9.94. The molecule has 172 valence electrons. The lowest BCUT2D eigenvalue weighted by Gasteiger charge is -2.32. The molecule has 0 N–H and O–H groups in total. The smallest absolute Gasteiger partial charge is 0.253 e. The van der Waals surface area contributed by atoms with Crippen LogP contribution in [0.2, 0.25) is 0 Å². The van der Waals surface area contributed by atoms with Crippen LogP contribution in [0.4, 0.5) is 4.39 Å². The van der Waals surface area contributed by atoms with Crippen molar-refractivity contribution in [1.82, 2.24) is 29.4 Å². The van der Waals surface area contributed by atoms with Crippen LogP contribution < -0.4 is 0 Å². The highest BCUT2D eigenvalue weighted by Crippen LogP contribution is 2.27. The third-order valence-electron chi connectivity index (χ3n) is 6.17. The second kappa shape index (κ2) is 9.51. The van der Waals surface area contributed by atoms with Crippen LogP contribution in [-0.4, -0.2) is 48.4 Å². The van der Waals surface area contributed by atoms with E-state index in [1.807, 2.05) is 28.8 Å². The fourth-order valence-electron chi connectivity index (χ4n) is 4.45. The third-order valence-corrected chi connectivity index (χ3v) is 6.17. The van der Waals surface area contributed by atoms with Gasteiger partial charge in [-0.3, -0.25) is 14.8 Å². The largest absolute Gasteiger partial charge is 0.338 e. The van der Waals surface area contributed by atoms with Gasteiger partial charge < -0.3 is 9.47 Å². The van der Waals surface area contributed by atoms with Crippen LogP contribution in [-0.2, 0) is 13.5 Å². The zero-order valence-corrected chi connectivity index (χ0v) is 18.9. The predicted molar refractivity (Wildman–Crippen MR) is 126 cm³/mol. The van der Waals surface area contributed by atoms with E-state index in [0.29, 0.717) is 25.1 Å². The molecule has 1 atom stereocenters. The molecule has 0 radical (unpaired) electrons. The molecule has 5 rings (SSSR count). The van der Waals surface area contributed by atoms with Crippen molar-refractivity contribution in [3.63, 3.8) is 0 Å². The quantitative estimate of drug-likeness (QED) is 0.453. The number of nitrogens with zero attached hydrogens (tertiary/aromatic N) is 6. The van der Waals surface area contributed by atoms with Gasteiger partial charge in [0.2, 0.25) is 0 Å². The van der Waals surface area contributed by atoms with Crippen LogP contribution in [0.15, 0.2) is 67.4 Å². The molecular weight excluding hydrogens is 431 g/mol. The van der Waals surface area contributed by atoms with Gasteiger partial charge in [0.05, 0.1) is 11.9 Å². The zero-order chi connectivity index (χ0) is 23.5. The number of pyridine rings is 1. The molecule has 8 heteroatoms. The second-order valence-corrected chi connectivity index (χ2v) is 8.62. The minimum atomic E-state index is -0.279. The first-order valence-electron chi connectivity index (χ1n) is 11.3. The van der Waals surface area contributed by atoms with Gasteiger partial charge in [-0.1, -0.05) is 12.1 Å². The Morgan fingerprint density at radius 1 is 1.15 bits per heavy atom. The highest BCUT2D eigenvalue weighted by Gasteiger charge is 2.27. The molecule has 0 aliphatic carbocycles. The highest BCUT2D eigenvalue weighted by molar-refractivity contribution is 5.94. The Bertz CT molecular complexity index is 1320. The van der Waals surface area contributed by atoms with Crippen molar-refractivity contribution in [2.75, 3.05) is 13.1 Å². The van der Waals surface area contributed by atoms with Crippen LogP contribution in [0.25, 0.3) is 11.5 Å². The number of imidazole rings is 1. The monoisotopic (exact) mass is 456 g/mol. The van der Waals surface area contributed by atoms with Gasteiger partial charge in [0.25, 0.3) is 5.91 Å². The van der Waals surface area contributed by atoms with E-state index in [0.717, 1.165) is 41.3 Å². The average molecular weight is 457 g/mol. The molecule has 0 bridgehead atoms. The van der Waals surface area contributed by atoms with Crippen molar-refractivity contribution in [2.24, 2.45) is 7.05 Å². The molecule has 0 spiro atoms. The Hall–Kier alpha value is -3.94. The fourth-order valence-corrected chi connectivity index (χ4v) is 4.45. The summed E-state index contributed by atoms with van der Waals surface area (Å²) in [6.07, 6.45) is 11.1. The van der Waals surface area contributed by atoms with Gasteiger partial charge in [-0.2, -0.15) is 0 Å². The number of carbonyl (C=O) groups excluding carboxylic acids is 1. The topological polar surface area (TPSA) is 76.8 Å². The maximum Gasteiger partial charge on any atom is 0.253 e. The number of likely N-dealkylation sites (tertiary alicyclic amines) is 1. The number of aryl methyl sites for hydroxylation is 1. The molecule has 7 nitrogen and oxygen atoms in total. The molecule has 1 aliphatic rings. The number of piperidine rings is 1. The highest BCUT2D eigenvalue weighted by atomic mass is 19.1. The summed E-state index contributed by atoms with van der Waals surface area (Å²) in [6, 6.07) is 9.99. The van der Waals surface area contributed by atoms with E-state index in [4.69, 9.17) is 4.98 Å². The number of halogens is 1. The summed E-state index contributed by atoms with van der Waals surface area (Å²) in [5.41, 5.74) is 3.75. The lowest BCUT2D eigenvalue weighted by Crippen LogP contribution is -2.39. The van der Waals surface area contributed by atoms with E-state index in [2.05, 4.69) is 15.0 Å². The summed E-state index contributed by atoms with van der Waals surface area (Å²) in [4.78, 5) is 33.1. The Kier molecular flexibility index (Phi) is 6.12. The summed E-state index contributed by atoms with van der Waals surface area (Å²) in [7, 11) is 1.93. The van der Waals surface area contributed by atoms with E-state index in [9.17, 15) is 9.18 Å². The molecule has 3 aromatic heterocycles. The van der Waals surface area contributed by atoms with Crippen molar-refractivity contribution < 1.29 is 9.18 Å². The minimum Gasteiger partial charge on any atom is -0.338 e. The van der Waals surface area contributed by atoms with Gasteiger partial charge in [0.15, 0.2) is 5.82 Å². The van der Waals surface area contributed by atoms with E-state index >= 15 is 0 Å². The SMILES string of the molecule is Cn1ccnc1-c1cncc(C2CCCN(C(=O)c3ccnc(Cc4cccc(F)c4)c3)C2)n1. The van der Waals surface area contributed by atoms with Crippen molar-refractivity contribution >= 4 is 5.91 Å². The van der Waals surface area contributed by atoms with E-state index in [-0.39, 0.29) is 17.6 Å². The van der Waals surface area contributed by atoms with Crippen LogP contribution >= 0.6 is 0 Å². The average Bonchev–Trinajstić information content (AvgIpc) is 3.30. The van der Waals surface area contributed by atoms with Crippen LogP contribution in [0, 0.1) is 5.82 Å². The summed E-state index contributed by atoms with van der Waals surface area (Å²) in [6.45, 7) is 1.28. The third kappa shape index (κ3) is 4.71. The first-order valence-corrected chi connectivity index (χ1v) is 11.3. The molecule has 1 saturated heterocycles. The van der Waals surface area contributed by atoms with Crippen LogP contribution in [0.1, 0.15) is 46.1 Å². The number of hydrogen-bond donors (Lipinski definition) is 0. The Labute approximate surface area is 197 Å². The Morgan fingerprint density at radius 2 is 2.06 bits per heavy atom. The molecule has 34 heavy (non-hydrogen) atoms. The van der Waals surface area contributed by atoms with Gasteiger partial charge in [0, 0.05) is 68.5 Å². The van der Waals surface area contributed by atoms with E-state index in [1.165, 1.54) is 12.1 Å². The van der Waals surface area contributed by atoms with Gasteiger partial charge in [-0.05, 0) is 42.7 Å². The molecular formula is C26H25FN6O. The van der Waals surface area contributed by atoms with Gasteiger partial charge in [-0.25, -0.2) is 14.4 Å². The maximum atomic E-state index is 13.5. The maximum absolute atomic E-state index is 13.5. The first-order chi connectivity index (χ1) is 16.6.